The highest BCUT2D eigenvalue weighted by atomic mass is 15.4. The van der Waals surface area contributed by atoms with Crippen LogP contribution in [0.15, 0.2) is 48.5 Å². The summed E-state index contributed by atoms with van der Waals surface area (Å²) < 4.78 is 2.03. The van der Waals surface area contributed by atoms with E-state index in [-0.39, 0.29) is 6.04 Å². The van der Waals surface area contributed by atoms with Crippen LogP contribution >= 0.6 is 0 Å². The van der Waals surface area contributed by atoms with E-state index in [9.17, 15) is 5.26 Å². The molecule has 2 aliphatic rings. The van der Waals surface area contributed by atoms with Crippen LogP contribution < -0.4 is 10.6 Å². The van der Waals surface area contributed by atoms with E-state index in [0.717, 1.165) is 55.1 Å². The van der Waals surface area contributed by atoms with E-state index in [4.69, 9.17) is 0 Å². The molecule has 1 unspecified atom stereocenters. The summed E-state index contributed by atoms with van der Waals surface area (Å²) >= 11 is 0. The molecule has 2 N–H and O–H groups in total. The molecule has 6 heteroatoms. The first kappa shape index (κ1) is 19.5. The van der Waals surface area contributed by atoms with E-state index >= 15 is 0 Å². The van der Waals surface area contributed by atoms with Crippen molar-refractivity contribution in [3.63, 3.8) is 0 Å². The lowest BCUT2D eigenvalue weighted by Gasteiger charge is -2.23. The summed E-state index contributed by atoms with van der Waals surface area (Å²) in [5.74, 6) is 0. The maximum absolute atomic E-state index is 9.25. The van der Waals surface area contributed by atoms with Gasteiger partial charge in [0.1, 0.15) is 0 Å². The first-order valence-corrected chi connectivity index (χ1v) is 10.9. The van der Waals surface area contributed by atoms with E-state index in [2.05, 4.69) is 57.4 Å². The Morgan fingerprint density at radius 1 is 1.26 bits per heavy atom. The number of aromatic nitrogens is 3. The van der Waals surface area contributed by atoms with Gasteiger partial charge in [-0.25, -0.2) is 4.68 Å². The maximum atomic E-state index is 9.25. The van der Waals surface area contributed by atoms with Crippen LogP contribution in [0.25, 0.3) is 16.8 Å². The molecule has 2 aliphatic heterocycles. The molecule has 0 saturated heterocycles. The van der Waals surface area contributed by atoms with Crippen molar-refractivity contribution in [1.82, 2.24) is 20.3 Å². The number of hydrogen-bond acceptors (Lipinski definition) is 5. The van der Waals surface area contributed by atoms with Gasteiger partial charge < -0.3 is 10.6 Å². The number of hydrogen-bond donors (Lipinski definition) is 2. The van der Waals surface area contributed by atoms with Gasteiger partial charge in [-0.15, -0.1) is 5.10 Å². The molecule has 156 valence electrons. The second-order valence-corrected chi connectivity index (χ2v) is 8.21. The van der Waals surface area contributed by atoms with E-state index in [1.54, 1.807) is 0 Å². The van der Waals surface area contributed by atoms with Crippen molar-refractivity contribution in [2.75, 3.05) is 18.4 Å². The van der Waals surface area contributed by atoms with Gasteiger partial charge in [-0.3, -0.25) is 0 Å². The maximum Gasteiger partial charge on any atom is 0.0918 e. The standard InChI is InChI=1S/C25H26N6/c1-17-25-21-7-6-20(18-9-13-27-14-10-18)16-22(21)24(11-15-31(25)30-29-17)28-23-5-3-2-4-19(23)8-12-26/h2-7,9,16,24,27-28H,8,10-11,13-15H2,1H3. The third kappa shape index (κ3) is 3.73. The summed E-state index contributed by atoms with van der Waals surface area (Å²) in [6.07, 6.45) is 4.63. The zero-order valence-electron chi connectivity index (χ0n) is 17.7. The normalized spacial score (nSPS) is 17.7. The number of rotatable bonds is 4. The quantitative estimate of drug-likeness (QED) is 0.672. The van der Waals surface area contributed by atoms with Crippen molar-refractivity contribution in [1.29, 1.82) is 5.26 Å². The molecule has 0 fully saturated rings. The fourth-order valence-electron chi connectivity index (χ4n) is 4.69. The van der Waals surface area contributed by atoms with Gasteiger partial charge in [-0.2, -0.15) is 5.26 Å². The Bertz CT molecular complexity index is 1180. The number of nitriles is 1. The molecule has 0 bridgehead atoms. The molecule has 1 aromatic heterocycles. The predicted molar refractivity (Wildman–Crippen MR) is 122 cm³/mol. The van der Waals surface area contributed by atoms with Crippen LogP contribution in [0.1, 0.15) is 41.3 Å². The molecule has 6 nitrogen and oxygen atoms in total. The topological polar surface area (TPSA) is 78.6 Å². The van der Waals surface area contributed by atoms with Crippen LogP contribution in [0.3, 0.4) is 0 Å². The van der Waals surface area contributed by atoms with E-state index in [1.807, 2.05) is 29.8 Å². The van der Waals surface area contributed by atoms with Crippen LogP contribution in [-0.4, -0.2) is 28.1 Å². The number of nitrogens with one attached hydrogen (secondary N) is 2. The molecule has 0 aliphatic carbocycles. The molecule has 1 atom stereocenters. The Balaban J connectivity index is 1.60. The molecule has 0 spiro atoms. The molecule has 3 aromatic rings. The smallest absolute Gasteiger partial charge is 0.0918 e. The van der Waals surface area contributed by atoms with Gasteiger partial charge in [0.15, 0.2) is 0 Å². The van der Waals surface area contributed by atoms with Crippen molar-refractivity contribution in [3.8, 4) is 17.3 Å². The largest absolute Gasteiger partial charge is 0.378 e. The molecule has 0 radical (unpaired) electrons. The van der Waals surface area contributed by atoms with Crippen LogP contribution in [-0.2, 0) is 13.0 Å². The summed E-state index contributed by atoms with van der Waals surface area (Å²) in [5.41, 5.74) is 9.27. The molecule has 31 heavy (non-hydrogen) atoms. The average Bonchev–Trinajstić information content (AvgIpc) is 3.10. The Hall–Kier alpha value is -3.43. The van der Waals surface area contributed by atoms with Crippen molar-refractivity contribution in [2.24, 2.45) is 0 Å². The summed E-state index contributed by atoms with van der Waals surface area (Å²) in [6.45, 7) is 4.76. The fraction of sp³-hybridized carbons (Fsp3) is 0.320. The lowest BCUT2D eigenvalue weighted by Crippen LogP contribution is -2.20. The second-order valence-electron chi connectivity index (χ2n) is 8.21. The van der Waals surface area contributed by atoms with Gasteiger partial charge >= 0.3 is 0 Å². The second kappa shape index (κ2) is 8.37. The van der Waals surface area contributed by atoms with Gasteiger partial charge in [0.25, 0.3) is 0 Å². The van der Waals surface area contributed by atoms with Gasteiger partial charge in [0.2, 0.25) is 0 Å². The molecular weight excluding hydrogens is 384 g/mol. The Morgan fingerprint density at radius 2 is 2.16 bits per heavy atom. The van der Waals surface area contributed by atoms with E-state index < -0.39 is 0 Å². The number of para-hydroxylation sites is 1. The minimum atomic E-state index is 0.123. The Kier molecular flexibility index (Phi) is 5.27. The van der Waals surface area contributed by atoms with Crippen LogP contribution in [0.2, 0.25) is 0 Å². The van der Waals surface area contributed by atoms with Crippen molar-refractivity contribution in [3.05, 3.63) is 70.9 Å². The zero-order valence-corrected chi connectivity index (χ0v) is 17.7. The number of aryl methyl sites for hydroxylation is 2. The highest BCUT2D eigenvalue weighted by Crippen LogP contribution is 2.39. The SMILES string of the molecule is Cc1nnn2c1-c1ccc(C3=CCNCC3)cc1C(Nc1ccccc1CC#N)CC2. The first-order chi connectivity index (χ1) is 15.2. The lowest BCUT2D eigenvalue weighted by molar-refractivity contribution is 0.539. The van der Waals surface area contributed by atoms with Crippen molar-refractivity contribution >= 4 is 11.3 Å². The zero-order chi connectivity index (χ0) is 21.2. The third-order valence-corrected chi connectivity index (χ3v) is 6.27. The van der Waals surface area contributed by atoms with E-state index in [1.165, 1.54) is 22.3 Å². The summed E-state index contributed by atoms with van der Waals surface area (Å²) in [5, 5.41) is 25.1. The van der Waals surface area contributed by atoms with Gasteiger partial charge in [0, 0.05) is 24.3 Å². The van der Waals surface area contributed by atoms with Gasteiger partial charge in [0.05, 0.1) is 29.9 Å². The number of benzene rings is 2. The first-order valence-electron chi connectivity index (χ1n) is 10.9. The highest BCUT2D eigenvalue weighted by Gasteiger charge is 2.26. The number of nitrogens with zero attached hydrogens (tertiary/aromatic N) is 4. The van der Waals surface area contributed by atoms with Gasteiger partial charge in [-0.1, -0.05) is 41.6 Å². The monoisotopic (exact) mass is 410 g/mol. The number of fused-ring (bicyclic) bond motifs is 3. The highest BCUT2D eigenvalue weighted by molar-refractivity contribution is 5.75. The Labute approximate surface area is 182 Å². The van der Waals surface area contributed by atoms with E-state index in [0.29, 0.717) is 6.42 Å². The molecular formula is C25H26N6. The van der Waals surface area contributed by atoms with Gasteiger partial charge in [-0.05, 0) is 60.7 Å². The molecule has 0 amide bonds. The third-order valence-electron chi connectivity index (χ3n) is 6.27. The number of anilines is 1. The lowest BCUT2D eigenvalue weighted by atomic mass is 9.90. The average molecular weight is 411 g/mol. The Morgan fingerprint density at radius 3 is 3.00 bits per heavy atom. The summed E-state index contributed by atoms with van der Waals surface area (Å²) in [6, 6.07) is 17.3. The fourth-order valence-corrected chi connectivity index (χ4v) is 4.69. The molecule has 3 heterocycles. The minimum Gasteiger partial charge on any atom is -0.378 e. The summed E-state index contributed by atoms with van der Waals surface area (Å²) in [7, 11) is 0. The van der Waals surface area contributed by atoms with Crippen LogP contribution in [0, 0.1) is 18.3 Å². The van der Waals surface area contributed by atoms with Crippen LogP contribution in [0.5, 0.6) is 0 Å². The summed E-state index contributed by atoms with van der Waals surface area (Å²) in [4.78, 5) is 0. The minimum absolute atomic E-state index is 0.123. The predicted octanol–water partition coefficient (Wildman–Crippen LogP) is 4.25. The molecule has 2 aromatic carbocycles. The van der Waals surface area contributed by atoms with Crippen LogP contribution in [0.4, 0.5) is 5.69 Å². The van der Waals surface area contributed by atoms with Crippen molar-refractivity contribution < 1.29 is 0 Å². The molecule has 5 rings (SSSR count). The molecule has 0 saturated carbocycles. The van der Waals surface area contributed by atoms with Crippen molar-refractivity contribution in [2.45, 2.75) is 38.8 Å².